The van der Waals surface area contributed by atoms with E-state index in [-0.39, 0.29) is 0 Å². The van der Waals surface area contributed by atoms with Crippen LogP contribution < -0.4 is 0 Å². The third kappa shape index (κ3) is 10.2. The van der Waals surface area contributed by atoms with Gasteiger partial charge < -0.3 is 0 Å². The standard InChI is InChI=1S/C11H21P/c1-2-3-4-5-6-7-8-9-10-11-12/h10-11H,2-9H2,1H3/b11-10+. The fraction of sp³-hybridized carbons (Fsp3) is 0.818. The zero-order valence-corrected chi connectivity index (χ0v) is 9.15. The molecule has 0 aromatic rings. The van der Waals surface area contributed by atoms with Crippen LogP contribution in [0.25, 0.3) is 0 Å². The predicted octanol–water partition coefficient (Wildman–Crippen LogP) is 5.05. The zero-order valence-electron chi connectivity index (χ0n) is 8.26. The van der Waals surface area contributed by atoms with Crippen LogP contribution in [0.1, 0.15) is 58.3 Å². The van der Waals surface area contributed by atoms with Gasteiger partial charge in [0.1, 0.15) is 0 Å². The second kappa shape index (κ2) is 11.2. The summed E-state index contributed by atoms with van der Waals surface area (Å²) in [6.07, 6.45) is 13.1. The van der Waals surface area contributed by atoms with Gasteiger partial charge in [-0.05, 0) is 22.1 Å². The van der Waals surface area contributed by atoms with E-state index in [0.29, 0.717) is 0 Å². The molecule has 0 aliphatic rings. The Kier molecular flexibility index (Phi) is 11.3. The van der Waals surface area contributed by atoms with E-state index in [2.05, 4.69) is 22.2 Å². The molecule has 0 atom stereocenters. The Labute approximate surface area is 80.0 Å². The summed E-state index contributed by atoms with van der Waals surface area (Å²) in [5.41, 5.74) is 0. The molecule has 0 amide bonds. The Bertz CT molecular complexity index is 97.2. The molecule has 0 aliphatic carbocycles. The molecule has 0 saturated carbocycles. The van der Waals surface area contributed by atoms with Gasteiger partial charge in [-0.25, -0.2) is 0 Å². The van der Waals surface area contributed by atoms with Crippen molar-refractivity contribution in [1.29, 1.82) is 0 Å². The van der Waals surface area contributed by atoms with Crippen molar-refractivity contribution in [3.8, 4) is 0 Å². The van der Waals surface area contributed by atoms with Crippen LogP contribution in [0.3, 0.4) is 0 Å². The van der Waals surface area contributed by atoms with E-state index < -0.39 is 0 Å². The van der Waals surface area contributed by atoms with E-state index in [1.54, 1.807) is 0 Å². The predicted molar refractivity (Wildman–Crippen MR) is 58.7 cm³/mol. The summed E-state index contributed by atoms with van der Waals surface area (Å²) < 4.78 is 0. The summed E-state index contributed by atoms with van der Waals surface area (Å²) >= 11 is 0. The maximum absolute atomic E-state index is 4.01. The Morgan fingerprint density at radius 3 is 2.08 bits per heavy atom. The van der Waals surface area contributed by atoms with Gasteiger partial charge in [-0.15, -0.1) is 0 Å². The molecule has 0 fully saturated rings. The smallest absolute Gasteiger partial charge is 0.0146 e. The fourth-order valence-corrected chi connectivity index (χ4v) is 1.44. The van der Waals surface area contributed by atoms with Gasteiger partial charge in [-0.1, -0.05) is 57.3 Å². The molecule has 0 aromatic heterocycles. The SMILES string of the molecule is CCCCCCCCC/C=C/[P]. The van der Waals surface area contributed by atoms with Crippen molar-refractivity contribution in [1.82, 2.24) is 0 Å². The van der Waals surface area contributed by atoms with Crippen LogP contribution in [0, 0.1) is 0 Å². The second-order valence-corrected chi connectivity index (χ2v) is 3.59. The fourth-order valence-electron chi connectivity index (χ4n) is 1.29. The van der Waals surface area contributed by atoms with Gasteiger partial charge in [0, 0.05) is 0 Å². The second-order valence-electron chi connectivity index (χ2n) is 3.29. The van der Waals surface area contributed by atoms with Crippen molar-refractivity contribution >= 4 is 9.24 Å². The lowest BCUT2D eigenvalue weighted by Gasteiger charge is -1.98. The van der Waals surface area contributed by atoms with E-state index in [1.807, 2.05) is 5.82 Å². The van der Waals surface area contributed by atoms with Crippen molar-refractivity contribution in [3.63, 3.8) is 0 Å². The van der Waals surface area contributed by atoms with Gasteiger partial charge >= 0.3 is 0 Å². The highest BCUT2D eigenvalue weighted by Crippen LogP contribution is 2.08. The minimum Gasteiger partial charge on any atom is -0.0834 e. The largest absolute Gasteiger partial charge is 0.0834 e. The molecule has 0 unspecified atom stereocenters. The molecule has 0 saturated heterocycles. The number of allylic oxidation sites excluding steroid dienone is 1. The van der Waals surface area contributed by atoms with Gasteiger partial charge in [-0.3, -0.25) is 0 Å². The van der Waals surface area contributed by atoms with Crippen LogP contribution in [0.15, 0.2) is 11.9 Å². The highest BCUT2D eigenvalue weighted by molar-refractivity contribution is 7.20. The molecule has 70 valence electrons. The van der Waals surface area contributed by atoms with Crippen LogP contribution in [-0.4, -0.2) is 0 Å². The maximum atomic E-state index is 4.01. The molecular formula is C11H21P. The number of rotatable bonds is 8. The molecule has 0 nitrogen and oxygen atoms in total. The lowest BCUT2D eigenvalue weighted by atomic mass is 10.1. The van der Waals surface area contributed by atoms with Crippen molar-refractivity contribution in [2.75, 3.05) is 0 Å². The van der Waals surface area contributed by atoms with Gasteiger partial charge in [0.2, 0.25) is 0 Å². The third-order valence-electron chi connectivity index (χ3n) is 2.08. The van der Waals surface area contributed by atoms with E-state index in [9.17, 15) is 0 Å². The van der Waals surface area contributed by atoms with Crippen LogP contribution in [-0.2, 0) is 0 Å². The average Bonchev–Trinajstić information content (AvgIpc) is 2.10. The van der Waals surface area contributed by atoms with Crippen molar-refractivity contribution in [3.05, 3.63) is 11.9 Å². The molecule has 0 bridgehead atoms. The van der Waals surface area contributed by atoms with Gasteiger partial charge in [0.15, 0.2) is 0 Å². The molecular weight excluding hydrogens is 163 g/mol. The summed E-state index contributed by atoms with van der Waals surface area (Å²) in [7, 11) is 4.01. The minimum atomic E-state index is 1.21. The monoisotopic (exact) mass is 184 g/mol. The van der Waals surface area contributed by atoms with Crippen LogP contribution in [0.2, 0.25) is 0 Å². The number of unbranched alkanes of at least 4 members (excludes halogenated alkanes) is 7. The van der Waals surface area contributed by atoms with E-state index in [1.165, 1.54) is 51.4 Å². The minimum absolute atomic E-state index is 1.21. The average molecular weight is 184 g/mol. The molecule has 2 radical (unpaired) electrons. The summed E-state index contributed by atoms with van der Waals surface area (Å²) in [6, 6.07) is 0. The number of hydrogen-bond acceptors (Lipinski definition) is 0. The van der Waals surface area contributed by atoms with Crippen molar-refractivity contribution < 1.29 is 0 Å². The molecule has 12 heavy (non-hydrogen) atoms. The highest BCUT2D eigenvalue weighted by Gasteiger charge is 1.88. The molecule has 0 rings (SSSR count). The van der Waals surface area contributed by atoms with Crippen LogP contribution in [0.5, 0.6) is 0 Å². The quantitative estimate of drug-likeness (QED) is 0.365. The lowest BCUT2D eigenvalue weighted by Crippen LogP contribution is -1.78. The van der Waals surface area contributed by atoms with Crippen molar-refractivity contribution in [2.45, 2.75) is 58.3 Å². The Morgan fingerprint density at radius 1 is 0.917 bits per heavy atom. The Hall–Kier alpha value is 0.170. The summed E-state index contributed by atoms with van der Waals surface area (Å²) in [5.74, 6) is 1.84. The first-order chi connectivity index (χ1) is 5.91. The maximum Gasteiger partial charge on any atom is -0.0146 e. The van der Waals surface area contributed by atoms with Gasteiger partial charge in [0.05, 0.1) is 0 Å². The first-order valence-electron chi connectivity index (χ1n) is 5.21. The van der Waals surface area contributed by atoms with Crippen molar-refractivity contribution in [2.24, 2.45) is 0 Å². The van der Waals surface area contributed by atoms with Crippen LogP contribution >= 0.6 is 9.24 Å². The third-order valence-corrected chi connectivity index (χ3v) is 2.29. The molecule has 1 heteroatoms. The first-order valence-corrected chi connectivity index (χ1v) is 5.72. The van der Waals surface area contributed by atoms with E-state index in [0.717, 1.165) is 0 Å². The molecule has 0 spiro atoms. The van der Waals surface area contributed by atoms with E-state index >= 15 is 0 Å². The van der Waals surface area contributed by atoms with Gasteiger partial charge in [-0.2, -0.15) is 0 Å². The van der Waals surface area contributed by atoms with Crippen LogP contribution in [0.4, 0.5) is 0 Å². The Morgan fingerprint density at radius 2 is 1.50 bits per heavy atom. The summed E-state index contributed by atoms with van der Waals surface area (Å²) in [6.45, 7) is 2.26. The normalized spacial score (nSPS) is 11.2. The lowest BCUT2D eigenvalue weighted by molar-refractivity contribution is 0.592. The molecule has 0 heterocycles. The molecule has 0 aliphatic heterocycles. The van der Waals surface area contributed by atoms with E-state index in [4.69, 9.17) is 0 Å². The Balaban J connectivity index is 2.81. The zero-order chi connectivity index (χ0) is 9.07. The molecule has 0 aromatic carbocycles. The van der Waals surface area contributed by atoms with Gasteiger partial charge in [0.25, 0.3) is 0 Å². The number of hydrogen-bond donors (Lipinski definition) is 0. The summed E-state index contributed by atoms with van der Waals surface area (Å²) in [4.78, 5) is 0. The summed E-state index contributed by atoms with van der Waals surface area (Å²) in [5, 5.41) is 0. The first kappa shape index (κ1) is 12.2. The topological polar surface area (TPSA) is 0 Å². The highest BCUT2D eigenvalue weighted by atomic mass is 31.0. The molecule has 0 N–H and O–H groups in total.